The SMILES string of the molecule is CC(F)C1(F)OC(=O)OC1(F)F. The summed E-state index contributed by atoms with van der Waals surface area (Å²) in [6.07, 6.45) is -9.16. The Labute approximate surface area is 64.2 Å². The van der Waals surface area contributed by atoms with E-state index in [1.54, 1.807) is 0 Å². The fourth-order valence-electron chi connectivity index (χ4n) is 0.689. The first kappa shape index (κ1) is 9.08. The van der Waals surface area contributed by atoms with Gasteiger partial charge in [0.25, 0.3) is 0 Å². The molecule has 1 aliphatic heterocycles. The predicted molar refractivity (Wildman–Crippen MR) is 26.9 cm³/mol. The van der Waals surface area contributed by atoms with Crippen molar-refractivity contribution in [3.8, 4) is 0 Å². The molecule has 0 bridgehead atoms. The van der Waals surface area contributed by atoms with Gasteiger partial charge in [-0.25, -0.2) is 9.18 Å². The highest BCUT2D eigenvalue weighted by Gasteiger charge is 2.71. The zero-order valence-electron chi connectivity index (χ0n) is 5.81. The maximum absolute atomic E-state index is 12.8. The molecule has 2 atom stereocenters. The lowest BCUT2D eigenvalue weighted by Crippen LogP contribution is -2.47. The van der Waals surface area contributed by atoms with E-state index in [1.807, 2.05) is 0 Å². The summed E-state index contributed by atoms with van der Waals surface area (Å²) in [5.74, 6) is -4.01. The smallest absolute Gasteiger partial charge is 0.383 e. The predicted octanol–water partition coefficient (Wildman–Crippen LogP) is 1.77. The van der Waals surface area contributed by atoms with E-state index in [0.29, 0.717) is 6.92 Å². The van der Waals surface area contributed by atoms with Crippen LogP contribution in [0, 0.1) is 0 Å². The molecule has 0 N–H and O–H groups in total. The fraction of sp³-hybridized carbons (Fsp3) is 0.800. The van der Waals surface area contributed by atoms with Crippen LogP contribution in [0.15, 0.2) is 0 Å². The molecule has 0 aliphatic carbocycles. The number of carbonyl (C=O) groups excluding carboxylic acids is 1. The van der Waals surface area contributed by atoms with Crippen LogP contribution in [0.4, 0.5) is 22.4 Å². The molecule has 0 aromatic rings. The minimum atomic E-state index is -4.57. The van der Waals surface area contributed by atoms with Crippen LogP contribution in [0.3, 0.4) is 0 Å². The van der Waals surface area contributed by atoms with Crippen molar-refractivity contribution in [1.82, 2.24) is 0 Å². The number of rotatable bonds is 1. The summed E-state index contributed by atoms with van der Waals surface area (Å²) in [7, 11) is 0. The lowest BCUT2D eigenvalue weighted by molar-refractivity contribution is -0.306. The zero-order chi connectivity index (χ0) is 9.57. The van der Waals surface area contributed by atoms with Crippen LogP contribution < -0.4 is 0 Å². The minimum Gasteiger partial charge on any atom is -0.383 e. The van der Waals surface area contributed by atoms with Crippen LogP contribution in [0.5, 0.6) is 0 Å². The molecule has 0 aromatic heterocycles. The highest BCUT2D eigenvalue weighted by molar-refractivity contribution is 5.63. The van der Waals surface area contributed by atoms with Crippen LogP contribution in [0.2, 0.25) is 0 Å². The summed E-state index contributed by atoms with van der Waals surface area (Å²) in [6, 6.07) is 0. The van der Waals surface area contributed by atoms with Gasteiger partial charge in [0, 0.05) is 0 Å². The van der Waals surface area contributed by atoms with E-state index in [0.717, 1.165) is 0 Å². The molecular formula is C5H4F4O3. The van der Waals surface area contributed by atoms with Gasteiger partial charge in [-0.3, -0.25) is 0 Å². The second-order valence-corrected chi connectivity index (χ2v) is 2.23. The molecule has 0 amide bonds. The third-order valence-electron chi connectivity index (χ3n) is 1.35. The summed E-state index contributed by atoms with van der Waals surface area (Å²) >= 11 is 0. The molecular weight excluding hydrogens is 184 g/mol. The first-order chi connectivity index (χ1) is 5.29. The number of halogens is 4. The maximum Gasteiger partial charge on any atom is 0.516 e. The van der Waals surface area contributed by atoms with Crippen molar-refractivity contribution in [2.75, 3.05) is 0 Å². The summed E-state index contributed by atoms with van der Waals surface area (Å²) in [4.78, 5) is 10.0. The van der Waals surface area contributed by atoms with E-state index in [2.05, 4.69) is 9.47 Å². The van der Waals surface area contributed by atoms with E-state index < -0.39 is 24.3 Å². The van der Waals surface area contributed by atoms with Gasteiger partial charge < -0.3 is 9.47 Å². The Morgan fingerprint density at radius 1 is 1.33 bits per heavy atom. The van der Waals surface area contributed by atoms with E-state index in [1.165, 1.54) is 0 Å². The lowest BCUT2D eigenvalue weighted by atomic mass is 10.2. The Kier molecular flexibility index (Phi) is 1.69. The summed E-state index contributed by atoms with van der Waals surface area (Å²) in [6.45, 7) is 0.496. The second kappa shape index (κ2) is 2.24. The standard InChI is InChI=1S/C5H4F4O3/c1-2(6)4(7)5(8,9)12-3(10)11-4/h2H,1H3. The number of carbonyl (C=O) groups is 1. The summed E-state index contributed by atoms with van der Waals surface area (Å²) in [5.41, 5.74) is 0. The molecule has 0 aromatic carbocycles. The number of hydrogen-bond donors (Lipinski definition) is 0. The fourth-order valence-corrected chi connectivity index (χ4v) is 0.689. The van der Waals surface area contributed by atoms with Gasteiger partial charge in [0.05, 0.1) is 0 Å². The van der Waals surface area contributed by atoms with Crippen LogP contribution in [-0.4, -0.2) is 24.3 Å². The molecule has 0 radical (unpaired) electrons. The zero-order valence-corrected chi connectivity index (χ0v) is 5.81. The molecule has 7 heteroatoms. The van der Waals surface area contributed by atoms with Gasteiger partial charge >= 0.3 is 18.1 Å². The minimum absolute atomic E-state index is 0.496. The van der Waals surface area contributed by atoms with Gasteiger partial charge in [0.2, 0.25) is 0 Å². The van der Waals surface area contributed by atoms with Crippen molar-refractivity contribution in [1.29, 1.82) is 0 Å². The molecule has 1 saturated heterocycles. The Morgan fingerprint density at radius 3 is 2.00 bits per heavy atom. The number of hydrogen-bond acceptors (Lipinski definition) is 3. The lowest BCUT2D eigenvalue weighted by Gasteiger charge is -2.21. The average molecular weight is 188 g/mol. The van der Waals surface area contributed by atoms with Gasteiger partial charge in [-0.15, -0.1) is 0 Å². The first-order valence-corrected chi connectivity index (χ1v) is 2.92. The molecule has 1 aliphatic rings. The Hall–Kier alpha value is -1.01. The van der Waals surface area contributed by atoms with Crippen molar-refractivity contribution in [3.63, 3.8) is 0 Å². The highest BCUT2D eigenvalue weighted by atomic mass is 19.3. The first-order valence-electron chi connectivity index (χ1n) is 2.92. The van der Waals surface area contributed by atoms with Crippen LogP contribution in [-0.2, 0) is 9.47 Å². The average Bonchev–Trinajstić information content (AvgIpc) is 2.02. The Balaban J connectivity index is 2.97. The van der Waals surface area contributed by atoms with E-state index in [4.69, 9.17) is 0 Å². The molecule has 1 rings (SSSR count). The Morgan fingerprint density at radius 2 is 1.83 bits per heavy atom. The van der Waals surface area contributed by atoms with Crippen molar-refractivity contribution in [2.24, 2.45) is 0 Å². The van der Waals surface area contributed by atoms with Crippen LogP contribution >= 0.6 is 0 Å². The maximum atomic E-state index is 12.8. The highest BCUT2D eigenvalue weighted by Crippen LogP contribution is 2.44. The van der Waals surface area contributed by atoms with Crippen LogP contribution in [0.1, 0.15) is 6.92 Å². The van der Waals surface area contributed by atoms with Crippen molar-refractivity contribution in [2.45, 2.75) is 25.1 Å². The molecule has 0 saturated carbocycles. The number of alkyl halides is 4. The van der Waals surface area contributed by atoms with Gasteiger partial charge in [-0.2, -0.15) is 13.2 Å². The van der Waals surface area contributed by atoms with Crippen molar-refractivity contribution >= 4 is 6.16 Å². The van der Waals surface area contributed by atoms with Gasteiger partial charge in [0.1, 0.15) is 0 Å². The quantitative estimate of drug-likeness (QED) is 0.464. The molecule has 3 nitrogen and oxygen atoms in total. The third kappa shape index (κ3) is 0.997. The number of cyclic esters (lactones) is 2. The van der Waals surface area contributed by atoms with Crippen molar-refractivity contribution < 1.29 is 31.8 Å². The summed E-state index contributed by atoms with van der Waals surface area (Å²) < 4.78 is 56.1. The topological polar surface area (TPSA) is 35.5 Å². The second-order valence-electron chi connectivity index (χ2n) is 2.23. The molecule has 0 spiro atoms. The van der Waals surface area contributed by atoms with Gasteiger partial charge in [0.15, 0.2) is 6.17 Å². The normalized spacial score (nSPS) is 35.6. The summed E-state index contributed by atoms with van der Waals surface area (Å²) in [5, 5.41) is 0. The van der Waals surface area contributed by atoms with Gasteiger partial charge in [-0.1, -0.05) is 0 Å². The number of ether oxygens (including phenoxy) is 2. The van der Waals surface area contributed by atoms with E-state index >= 15 is 0 Å². The molecule has 12 heavy (non-hydrogen) atoms. The molecule has 70 valence electrons. The third-order valence-corrected chi connectivity index (χ3v) is 1.35. The molecule has 1 heterocycles. The molecule has 1 fully saturated rings. The van der Waals surface area contributed by atoms with Crippen LogP contribution in [0.25, 0.3) is 0 Å². The van der Waals surface area contributed by atoms with Gasteiger partial charge in [-0.05, 0) is 6.92 Å². The monoisotopic (exact) mass is 188 g/mol. The van der Waals surface area contributed by atoms with Crippen molar-refractivity contribution in [3.05, 3.63) is 0 Å². The van der Waals surface area contributed by atoms with E-state index in [-0.39, 0.29) is 0 Å². The Bertz CT molecular complexity index is 217. The largest absolute Gasteiger partial charge is 0.516 e. The molecule has 2 unspecified atom stereocenters. The van der Waals surface area contributed by atoms with E-state index in [9.17, 15) is 22.4 Å².